The van der Waals surface area contributed by atoms with Crippen LogP contribution in [0, 0.1) is 5.41 Å². The van der Waals surface area contributed by atoms with Crippen LogP contribution in [-0.4, -0.2) is 80.7 Å². The molecule has 3 heterocycles. The number of esters is 2. The number of hydrogen-bond acceptors (Lipinski definition) is 7. The van der Waals surface area contributed by atoms with Crippen LogP contribution in [-0.2, 0) is 14.3 Å². The highest BCUT2D eigenvalue weighted by atomic mass is 16.6. The molecule has 1 unspecified atom stereocenters. The second-order valence-electron chi connectivity index (χ2n) is 8.75. The predicted octanol–water partition coefficient (Wildman–Crippen LogP) is 2.12. The molecule has 0 saturated carbocycles. The van der Waals surface area contributed by atoms with Gasteiger partial charge < -0.3 is 19.1 Å². The summed E-state index contributed by atoms with van der Waals surface area (Å²) in [6.45, 7) is 3.94. The Morgan fingerprint density at radius 3 is 2.39 bits per heavy atom. The summed E-state index contributed by atoms with van der Waals surface area (Å²) in [5, 5.41) is 0. The summed E-state index contributed by atoms with van der Waals surface area (Å²) in [6.07, 6.45) is 4.31. The molecule has 0 aliphatic carbocycles. The van der Waals surface area contributed by atoms with Gasteiger partial charge in [0.2, 0.25) is 0 Å². The van der Waals surface area contributed by atoms with Gasteiger partial charge in [0, 0.05) is 31.6 Å². The zero-order chi connectivity index (χ0) is 22.0. The van der Waals surface area contributed by atoms with Gasteiger partial charge in [-0.05, 0) is 57.0 Å². The fourth-order valence-electron chi connectivity index (χ4n) is 5.00. The van der Waals surface area contributed by atoms with Gasteiger partial charge in [-0.1, -0.05) is 0 Å². The van der Waals surface area contributed by atoms with Gasteiger partial charge >= 0.3 is 11.9 Å². The number of benzene rings is 1. The average Bonchev–Trinajstić information content (AvgIpc) is 3.40. The Labute approximate surface area is 182 Å². The third-order valence-electron chi connectivity index (χ3n) is 6.80. The van der Waals surface area contributed by atoms with E-state index in [-0.39, 0.29) is 23.5 Å². The number of methoxy groups -OCH3 is 2. The molecule has 1 amide bonds. The molecule has 3 aliphatic rings. The number of piperidine rings is 1. The zero-order valence-corrected chi connectivity index (χ0v) is 18.2. The molecule has 3 aliphatic heterocycles. The minimum absolute atomic E-state index is 0.0474. The fraction of sp³-hybridized carbons (Fsp3) is 0.609. The molecule has 4 rings (SSSR count). The van der Waals surface area contributed by atoms with Crippen molar-refractivity contribution < 1.29 is 28.6 Å². The van der Waals surface area contributed by atoms with Crippen molar-refractivity contribution in [3.63, 3.8) is 0 Å². The minimum atomic E-state index is -0.525. The van der Waals surface area contributed by atoms with E-state index in [0.717, 1.165) is 26.1 Å². The molecule has 1 atom stereocenters. The highest BCUT2D eigenvalue weighted by Gasteiger charge is 2.51. The van der Waals surface area contributed by atoms with E-state index >= 15 is 0 Å². The Morgan fingerprint density at radius 1 is 1.06 bits per heavy atom. The van der Waals surface area contributed by atoms with E-state index in [1.807, 2.05) is 0 Å². The molecule has 3 fully saturated rings. The van der Waals surface area contributed by atoms with Crippen molar-refractivity contribution in [2.24, 2.45) is 5.41 Å². The SMILES string of the molecule is COC(=O)c1cc(OC)cc(C(=O)N2CCC3(CC2)CC(CN2CCCC2)OC3=O)c1. The first-order valence-corrected chi connectivity index (χ1v) is 10.9. The number of cyclic esters (lactones) is 1. The Hall–Kier alpha value is -2.61. The molecule has 0 aromatic heterocycles. The van der Waals surface area contributed by atoms with Crippen LogP contribution in [0.15, 0.2) is 18.2 Å². The lowest BCUT2D eigenvalue weighted by Crippen LogP contribution is -2.45. The lowest BCUT2D eigenvalue weighted by Gasteiger charge is -2.36. The molecule has 0 radical (unpaired) electrons. The highest BCUT2D eigenvalue weighted by molar-refractivity contribution is 5.98. The summed E-state index contributed by atoms with van der Waals surface area (Å²) < 4.78 is 15.7. The van der Waals surface area contributed by atoms with E-state index in [2.05, 4.69) is 4.90 Å². The summed E-state index contributed by atoms with van der Waals surface area (Å²) in [4.78, 5) is 41.9. The van der Waals surface area contributed by atoms with E-state index < -0.39 is 11.4 Å². The summed E-state index contributed by atoms with van der Waals surface area (Å²) in [7, 11) is 2.78. The second-order valence-corrected chi connectivity index (χ2v) is 8.75. The van der Waals surface area contributed by atoms with E-state index in [1.54, 1.807) is 17.0 Å². The van der Waals surface area contributed by atoms with Crippen molar-refractivity contribution in [3.8, 4) is 5.75 Å². The fourth-order valence-corrected chi connectivity index (χ4v) is 5.00. The molecule has 1 aromatic carbocycles. The van der Waals surface area contributed by atoms with Gasteiger partial charge in [0.1, 0.15) is 11.9 Å². The van der Waals surface area contributed by atoms with Crippen LogP contribution in [0.4, 0.5) is 0 Å². The summed E-state index contributed by atoms with van der Waals surface area (Å²) in [5.41, 5.74) is 0.159. The molecule has 0 bridgehead atoms. The Kier molecular flexibility index (Phi) is 6.18. The number of carbonyl (C=O) groups excluding carboxylic acids is 3. The number of nitrogens with zero attached hydrogens (tertiary/aromatic N) is 2. The molecule has 168 valence electrons. The predicted molar refractivity (Wildman–Crippen MR) is 112 cm³/mol. The first kappa shape index (κ1) is 21.6. The Bertz CT molecular complexity index is 856. The van der Waals surface area contributed by atoms with Crippen LogP contribution in [0.25, 0.3) is 0 Å². The molecule has 3 saturated heterocycles. The number of amides is 1. The first-order chi connectivity index (χ1) is 14.9. The molecule has 0 N–H and O–H groups in total. The van der Waals surface area contributed by atoms with E-state index in [1.165, 1.54) is 33.1 Å². The van der Waals surface area contributed by atoms with Crippen molar-refractivity contribution in [2.75, 3.05) is 46.9 Å². The summed E-state index contributed by atoms with van der Waals surface area (Å²) >= 11 is 0. The second kappa shape index (κ2) is 8.86. The van der Waals surface area contributed by atoms with E-state index in [0.29, 0.717) is 37.2 Å². The summed E-state index contributed by atoms with van der Waals surface area (Å²) in [5.74, 6) is -0.399. The zero-order valence-electron chi connectivity index (χ0n) is 18.2. The average molecular weight is 431 g/mol. The van der Waals surface area contributed by atoms with Gasteiger partial charge in [-0.15, -0.1) is 0 Å². The maximum atomic E-state index is 13.1. The first-order valence-electron chi connectivity index (χ1n) is 10.9. The third kappa shape index (κ3) is 4.39. The molecule has 8 heteroatoms. The number of ether oxygens (including phenoxy) is 3. The normalized spacial score (nSPS) is 23.1. The van der Waals surface area contributed by atoms with Crippen molar-refractivity contribution in [1.82, 2.24) is 9.80 Å². The molecule has 1 spiro atoms. The van der Waals surface area contributed by atoms with Crippen LogP contribution in [0.2, 0.25) is 0 Å². The van der Waals surface area contributed by atoms with Crippen molar-refractivity contribution in [2.45, 2.75) is 38.2 Å². The number of rotatable bonds is 5. The quantitative estimate of drug-likeness (QED) is 0.662. The molecule has 31 heavy (non-hydrogen) atoms. The van der Waals surface area contributed by atoms with E-state index in [4.69, 9.17) is 14.2 Å². The topological polar surface area (TPSA) is 85.4 Å². The van der Waals surface area contributed by atoms with Crippen LogP contribution in [0.5, 0.6) is 5.75 Å². The van der Waals surface area contributed by atoms with Crippen molar-refractivity contribution in [3.05, 3.63) is 29.3 Å². The largest absolute Gasteiger partial charge is 0.497 e. The third-order valence-corrected chi connectivity index (χ3v) is 6.80. The van der Waals surface area contributed by atoms with Gasteiger partial charge in [0.05, 0.1) is 25.2 Å². The maximum absolute atomic E-state index is 13.1. The number of hydrogen-bond donors (Lipinski definition) is 0. The molecular formula is C23H30N2O6. The monoisotopic (exact) mass is 430 g/mol. The standard InChI is InChI=1S/C23H30N2O6/c1-29-18-12-16(11-17(13-18)21(27)30-2)20(26)25-9-5-23(6-10-25)14-19(31-22(23)28)15-24-7-3-4-8-24/h11-13,19H,3-10,14-15H2,1-2H3. The lowest BCUT2D eigenvalue weighted by atomic mass is 9.76. The van der Waals surface area contributed by atoms with E-state index in [9.17, 15) is 14.4 Å². The maximum Gasteiger partial charge on any atom is 0.338 e. The van der Waals surface area contributed by atoms with Crippen molar-refractivity contribution >= 4 is 17.8 Å². The van der Waals surface area contributed by atoms with Crippen LogP contribution >= 0.6 is 0 Å². The van der Waals surface area contributed by atoms with Crippen LogP contribution in [0.1, 0.15) is 52.8 Å². The Morgan fingerprint density at radius 2 is 1.74 bits per heavy atom. The minimum Gasteiger partial charge on any atom is -0.497 e. The number of likely N-dealkylation sites (tertiary alicyclic amines) is 2. The van der Waals surface area contributed by atoms with Crippen LogP contribution in [0.3, 0.4) is 0 Å². The van der Waals surface area contributed by atoms with Gasteiger partial charge in [-0.2, -0.15) is 0 Å². The summed E-state index contributed by atoms with van der Waals surface area (Å²) in [6, 6.07) is 4.69. The van der Waals surface area contributed by atoms with Gasteiger partial charge in [-0.3, -0.25) is 14.5 Å². The number of carbonyl (C=O) groups is 3. The molecule has 1 aromatic rings. The molecular weight excluding hydrogens is 400 g/mol. The molecule has 8 nitrogen and oxygen atoms in total. The van der Waals surface area contributed by atoms with Gasteiger partial charge in [0.25, 0.3) is 5.91 Å². The van der Waals surface area contributed by atoms with Gasteiger partial charge in [0.15, 0.2) is 0 Å². The lowest BCUT2D eigenvalue weighted by molar-refractivity contribution is -0.151. The Balaban J connectivity index is 1.41. The van der Waals surface area contributed by atoms with Gasteiger partial charge in [-0.25, -0.2) is 4.79 Å². The van der Waals surface area contributed by atoms with Crippen molar-refractivity contribution in [1.29, 1.82) is 0 Å². The highest BCUT2D eigenvalue weighted by Crippen LogP contribution is 2.43. The van der Waals surface area contributed by atoms with Crippen LogP contribution < -0.4 is 4.74 Å². The smallest absolute Gasteiger partial charge is 0.338 e.